The number of aliphatic hydroxyl groups is 2. The minimum Gasteiger partial charge on any atom is -0.457 e. The second kappa shape index (κ2) is 35.3. The van der Waals surface area contributed by atoms with E-state index in [0.29, 0.717) is 12.8 Å². The Morgan fingerprint density at radius 1 is 0.560 bits per heavy atom. The van der Waals surface area contributed by atoms with E-state index in [9.17, 15) is 29.3 Å². The zero-order chi connectivity index (χ0) is 37.0. The Hall–Kier alpha value is -2.07. The molecule has 0 aromatic rings. The number of hydrogen-bond donors (Lipinski definition) is 3. The first kappa shape index (κ1) is 47.9. The zero-order valence-electron chi connectivity index (χ0n) is 31.1. The lowest BCUT2D eigenvalue weighted by Crippen LogP contribution is -2.28. The Bertz CT molecular complexity index is 978. The molecule has 0 amide bonds. The van der Waals surface area contributed by atoms with Gasteiger partial charge in [-0.1, -0.05) is 133 Å². The van der Waals surface area contributed by atoms with Gasteiger partial charge in [-0.05, 0) is 51.4 Å². The molecule has 0 aliphatic carbocycles. The third kappa shape index (κ3) is 33.1. The van der Waals surface area contributed by atoms with Gasteiger partial charge in [0.15, 0.2) is 0 Å². The summed E-state index contributed by atoms with van der Waals surface area (Å²) in [6.45, 7) is 2.02. The molecule has 10 nitrogen and oxygen atoms in total. The quantitative estimate of drug-likeness (QED) is 0.0249. The van der Waals surface area contributed by atoms with Crippen molar-refractivity contribution < 1.29 is 47.8 Å². The third-order valence-electron chi connectivity index (χ3n) is 7.81. The first-order chi connectivity index (χ1) is 24.3. The van der Waals surface area contributed by atoms with Gasteiger partial charge in [-0.2, -0.15) is 0 Å². The molecule has 0 fully saturated rings. The number of phosphoric ester groups is 1. The smallest absolute Gasteiger partial charge is 0.457 e. The molecule has 0 heterocycles. The van der Waals surface area contributed by atoms with Gasteiger partial charge in [0.2, 0.25) is 0 Å². The van der Waals surface area contributed by atoms with Gasteiger partial charge in [0.25, 0.3) is 0 Å². The van der Waals surface area contributed by atoms with Crippen LogP contribution < -0.4 is 0 Å². The summed E-state index contributed by atoms with van der Waals surface area (Å²) in [6.07, 6.45) is 35.2. The fourth-order valence-electron chi connectivity index (χ4n) is 4.87. The predicted octanol–water partition coefficient (Wildman–Crippen LogP) is 9.38. The molecule has 0 saturated carbocycles. The molecule has 0 rings (SSSR count). The highest BCUT2D eigenvalue weighted by molar-refractivity contribution is 7.47. The van der Waals surface area contributed by atoms with Gasteiger partial charge in [-0.25, -0.2) is 4.57 Å². The molecule has 0 spiro atoms. The Morgan fingerprint density at radius 3 is 1.36 bits per heavy atom. The van der Waals surface area contributed by atoms with Gasteiger partial charge in [-0.3, -0.25) is 18.6 Å². The maximum atomic E-state index is 12.3. The summed E-state index contributed by atoms with van der Waals surface area (Å²) in [5.41, 5.74) is 0. The first-order valence-corrected chi connectivity index (χ1v) is 20.6. The van der Waals surface area contributed by atoms with Gasteiger partial charge in [0.05, 0.1) is 26.4 Å². The van der Waals surface area contributed by atoms with Gasteiger partial charge in [-0.15, -0.1) is 0 Å². The summed E-state index contributed by atoms with van der Waals surface area (Å²) >= 11 is 0. The van der Waals surface area contributed by atoms with Crippen molar-refractivity contribution in [2.45, 2.75) is 161 Å². The van der Waals surface area contributed by atoms with E-state index in [0.717, 1.165) is 70.6 Å². The van der Waals surface area contributed by atoms with Crippen LogP contribution in [0.25, 0.3) is 0 Å². The van der Waals surface area contributed by atoms with Crippen molar-refractivity contribution in [3.63, 3.8) is 0 Å². The standard InChI is InChI=1S/C39H69O10P/c1-3-5-7-9-11-13-15-16-17-18-19-20-21-23-25-27-29-31-39(43)49-37(33-41)35-47-50(44,45)46-34-36(32-40)48-38(42)30-28-26-24-22-14-12-10-8-6-4-2/h5,7,11,13,16-17,19-20,36-37,40-41H,3-4,6,8-10,12,14-15,18,21-35H2,1-2H3,(H,44,45)/b7-5-,13-11-,17-16-,20-19-. The van der Waals surface area contributed by atoms with E-state index in [-0.39, 0.29) is 12.8 Å². The predicted molar refractivity (Wildman–Crippen MR) is 201 cm³/mol. The third-order valence-corrected chi connectivity index (χ3v) is 8.76. The van der Waals surface area contributed by atoms with Crippen molar-refractivity contribution in [2.75, 3.05) is 26.4 Å². The van der Waals surface area contributed by atoms with Crippen LogP contribution >= 0.6 is 7.82 Å². The molecule has 0 aliphatic heterocycles. The second-order valence-corrected chi connectivity index (χ2v) is 14.0. The fourth-order valence-corrected chi connectivity index (χ4v) is 5.65. The van der Waals surface area contributed by atoms with Crippen LogP contribution in [0.15, 0.2) is 48.6 Å². The number of hydrogen-bond acceptors (Lipinski definition) is 9. The second-order valence-electron chi connectivity index (χ2n) is 12.5. The van der Waals surface area contributed by atoms with E-state index in [4.69, 9.17) is 18.5 Å². The molecule has 3 unspecified atom stereocenters. The highest BCUT2D eigenvalue weighted by Crippen LogP contribution is 2.43. The molecular formula is C39H69O10P. The molecule has 0 aromatic carbocycles. The number of rotatable bonds is 35. The van der Waals surface area contributed by atoms with Gasteiger partial charge >= 0.3 is 19.8 Å². The summed E-state index contributed by atoms with van der Waals surface area (Å²) in [4.78, 5) is 34.3. The van der Waals surface area contributed by atoms with Crippen molar-refractivity contribution in [1.82, 2.24) is 0 Å². The summed E-state index contributed by atoms with van der Waals surface area (Å²) in [5, 5.41) is 19.1. The van der Waals surface area contributed by atoms with Crippen LogP contribution in [-0.4, -0.2) is 65.7 Å². The van der Waals surface area contributed by atoms with Gasteiger partial charge in [0.1, 0.15) is 12.2 Å². The van der Waals surface area contributed by atoms with E-state index in [1.807, 2.05) is 0 Å². The minimum absolute atomic E-state index is 0.163. The molecule has 3 atom stereocenters. The Balaban J connectivity index is 4.02. The molecule has 0 bridgehead atoms. The number of phosphoric acid groups is 1. The summed E-state index contributed by atoms with van der Waals surface area (Å²) < 4.78 is 32.4. The first-order valence-electron chi connectivity index (χ1n) is 19.1. The Morgan fingerprint density at radius 2 is 0.940 bits per heavy atom. The topological polar surface area (TPSA) is 149 Å². The average molecular weight is 729 g/mol. The van der Waals surface area contributed by atoms with Gasteiger partial charge < -0.3 is 24.6 Å². The van der Waals surface area contributed by atoms with E-state index in [2.05, 4.69) is 62.5 Å². The average Bonchev–Trinajstić information content (AvgIpc) is 3.10. The van der Waals surface area contributed by atoms with Crippen LogP contribution in [0, 0.1) is 0 Å². The molecule has 50 heavy (non-hydrogen) atoms. The van der Waals surface area contributed by atoms with Crippen molar-refractivity contribution >= 4 is 19.8 Å². The van der Waals surface area contributed by atoms with Crippen LogP contribution in [0.2, 0.25) is 0 Å². The SMILES string of the molecule is CC/C=C\C/C=C\C/C=C\C/C=C\CCCCCCC(=O)OC(CO)COP(=O)(O)OCC(CO)OC(=O)CCCCCCCCCCCC. The maximum Gasteiger partial charge on any atom is 0.472 e. The summed E-state index contributed by atoms with van der Waals surface area (Å²) in [5.74, 6) is -1.05. The van der Waals surface area contributed by atoms with Crippen LogP contribution in [-0.2, 0) is 32.7 Å². The van der Waals surface area contributed by atoms with E-state index in [1.54, 1.807) is 0 Å². The van der Waals surface area contributed by atoms with Crippen LogP contribution in [0.1, 0.15) is 149 Å². The lowest BCUT2D eigenvalue weighted by molar-refractivity contribution is -0.153. The van der Waals surface area contributed by atoms with Crippen LogP contribution in [0.4, 0.5) is 0 Å². The van der Waals surface area contributed by atoms with E-state index < -0.39 is 58.4 Å². The van der Waals surface area contributed by atoms with Crippen molar-refractivity contribution in [2.24, 2.45) is 0 Å². The molecule has 290 valence electrons. The number of esters is 2. The fraction of sp³-hybridized carbons (Fsp3) is 0.744. The normalized spacial score (nSPS) is 14.6. The lowest BCUT2D eigenvalue weighted by atomic mass is 10.1. The van der Waals surface area contributed by atoms with Crippen molar-refractivity contribution in [3.8, 4) is 0 Å². The molecular weight excluding hydrogens is 659 g/mol. The number of aliphatic hydroxyl groups excluding tert-OH is 2. The Labute approximate surface area is 303 Å². The van der Waals surface area contributed by atoms with E-state index in [1.165, 1.54) is 38.5 Å². The zero-order valence-corrected chi connectivity index (χ0v) is 32.0. The molecule has 0 aliphatic rings. The summed E-state index contributed by atoms with van der Waals surface area (Å²) in [6, 6.07) is 0. The van der Waals surface area contributed by atoms with Crippen molar-refractivity contribution in [3.05, 3.63) is 48.6 Å². The van der Waals surface area contributed by atoms with Gasteiger partial charge in [0, 0.05) is 12.8 Å². The van der Waals surface area contributed by atoms with Crippen LogP contribution in [0.3, 0.4) is 0 Å². The lowest BCUT2D eigenvalue weighted by Gasteiger charge is -2.20. The Kier molecular flexibility index (Phi) is 33.9. The number of ether oxygens (including phenoxy) is 2. The highest BCUT2D eigenvalue weighted by Gasteiger charge is 2.27. The number of carbonyl (C=O) groups excluding carboxylic acids is 2. The molecule has 11 heteroatoms. The molecule has 3 N–H and O–H groups in total. The highest BCUT2D eigenvalue weighted by atomic mass is 31.2. The van der Waals surface area contributed by atoms with E-state index >= 15 is 0 Å². The summed E-state index contributed by atoms with van der Waals surface area (Å²) in [7, 11) is -4.63. The molecule has 0 radical (unpaired) electrons. The van der Waals surface area contributed by atoms with Crippen molar-refractivity contribution in [1.29, 1.82) is 0 Å². The number of carbonyl (C=O) groups is 2. The number of unbranched alkanes of at least 4 members (excludes halogenated alkanes) is 13. The monoisotopic (exact) mass is 728 g/mol. The number of allylic oxidation sites excluding steroid dienone is 8. The molecule has 0 saturated heterocycles. The minimum atomic E-state index is -4.63. The largest absolute Gasteiger partial charge is 0.472 e. The maximum absolute atomic E-state index is 12.3. The molecule has 0 aromatic heterocycles. The van der Waals surface area contributed by atoms with Crippen LogP contribution in [0.5, 0.6) is 0 Å².